The van der Waals surface area contributed by atoms with Gasteiger partial charge in [0.1, 0.15) is 0 Å². The van der Waals surface area contributed by atoms with Crippen LogP contribution in [0.25, 0.3) is 116 Å². The number of rotatable bonds is 9. The monoisotopic (exact) mass is 1210 g/mol. The molecule has 0 aliphatic heterocycles. The zero-order valence-corrected chi connectivity index (χ0v) is 45.1. The van der Waals surface area contributed by atoms with Crippen LogP contribution in [0.1, 0.15) is 40.0 Å². The van der Waals surface area contributed by atoms with Gasteiger partial charge in [0.05, 0.1) is 0 Å². The summed E-state index contributed by atoms with van der Waals surface area (Å²) in [4.78, 5) is 8.57. The summed E-state index contributed by atoms with van der Waals surface area (Å²) in [6.07, 6.45) is 1.85. The first-order valence-electron chi connectivity index (χ1n) is 30.6. The van der Waals surface area contributed by atoms with Crippen LogP contribution < -0.4 is 4.74 Å². The average Bonchev–Trinajstić information content (AvgIpc) is 1.69. The Bertz CT molecular complexity index is 5260. The Labute approximate surface area is 482 Å². The predicted octanol–water partition coefficient (Wildman–Crippen LogP) is 18.7. The summed E-state index contributed by atoms with van der Waals surface area (Å²) >= 11 is 2.21. The molecule has 0 aliphatic rings. The minimum atomic E-state index is -0.597. The number of pyridine rings is 1. The quantitative estimate of drug-likeness (QED) is 0.135. The van der Waals surface area contributed by atoms with Crippen LogP contribution in [-0.4, -0.2) is 23.3 Å². The molecule has 0 atom stereocenters. The van der Waals surface area contributed by atoms with E-state index >= 15 is 0 Å². The Hall–Kier alpha value is -9.60. The molecule has 0 bridgehead atoms. The van der Waals surface area contributed by atoms with Crippen LogP contribution in [0.15, 0.2) is 249 Å². The van der Waals surface area contributed by atoms with Crippen molar-refractivity contribution in [1.82, 2.24) is 23.3 Å². The van der Waals surface area contributed by atoms with E-state index in [1.165, 1.54) is 0 Å². The second kappa shape index (κ2) is 19.1. The van der Waals surface area contributed by atoms with Gasteiger partial charge >= 0.3 is 429 Å². The first kappa shape index (κ1) is 38.0. The molecule has 8 heteroatoms. The first-order chi connectivity index (χ1) is 42.8. The predicted molar refractivity (Wildman–Crippen MR) is 320 cm³/mol. The third-order valence-corrected chi connectivity index (χ3v) is 15.6. The Morgan fingerprint density at radius 3 is 1.58 bits per heavy atom. The number of hydrogen-bond donors (Lipinski definition) is 0. The zero-order chi connectivity index (χ0) is 62.1. The van der Waals surface area contributed by atoms with Crippen molar-refractivity contribution in [1.29, 1.82) is 0 Å². The number of hydrogen-bond acceptors (Lipinski definition) is 2. The van der Waals surface area contributed by atoms with E-state index in [0.717, 1.165) is 66.1 Å². The molecule has 10 aromatic carbocycles. The molecule has 0 radical (unpaired) electrons. The van der Waals surface area contributed by atoms with Crippen LogP contribution in [0.3, 0.4) is 0 Å². The molecule has 0 aliphatic carbocycles. The molecular formula is C71H50N6OPt. The van der Waals surface area contributed by atoms with Gasteiger partial charge in [0, 0.05) is 6.20 Å². The van der Waals surface area contributed by atoms with Crippen molar-refractivity contribution in [2.45, 2.75) is 26.2 Å². The van der Waals surface area contributed by atoms with Gasteiger partial charge in [0.2, 0.25) is 0 Å². The van der Waals surface area contributed by atoms with Gasteiger partial charge in [0.25, 0.3) is 0 Å². The van der Waals surface area contributed by atoms with E-state index < -0.39 is 60.4 Å². The van der Waals surface area contributed by atoms with Crippen LogP contribution in [0.2, 0.25) is 0 Å². The Balaban J connectivity index is 1.06. The number of fused-ring (bicyclic) bond motifs is 7. The Kier molecular flexibility index (Phi) is 9.22. The van der Waals surface area contributed by atoms with Gasteiger partial charge in [0.15, 0.2) is 0 Å². The van der Waals surface area contributed by atoms with Crippen molar-refractivity contribution in [3.05, 3.63) is 269 Å². The van der Waals surface area contributed by atoms with Gasteiger partial charge in [-0.3, -0.25) is 0 Å². The number of aromatic nitrogens is 5. The number of ether oxygens (including phenoxy) is 1. The summed E-state index contributed by atoms with van der Waals surface area (Å²) in [5.74, 6) is 1.76. The molecule has 14 aromatic rings. The van der Waals surface area contributed by atoms with Crippen molar-refractivity contribution >= 4 is 60.3 Å². The van der Waals surface area contributed by atoms with E-state index in [1.807, 2.05) is 153 Å². The van der Waals surface area contributed by atoms with Crippen LogP contribution >= 0.6 is 0 Å². The maximum absolute atomic E-state index is 9.67. The van der Waals surface area contributed by atoms with E-state index in [0.29, 0.717) is 43.4 Å². The molecule has 14 rings (SSSR count). The molecular weight excluding hydrogens is 1150 g/mol. The van der Waals surface area contributed by atoms with Gasteiger partial charge in [-0.25, -0.2) is 0 Å². The summed E-state index contributed by atoms with van der Waals surface area (Å²) in [5.41, 5.74) is 8.74. The first-order valence-corrected chi connectivity index (χ1v) is 26.8. The number of nitrogens with zero attached hydrogens (tertiary/aromatic N) is 6. The summed E-state index contributed by atoms with van der Waals surface area (Å²) < 4.78 is 108. The van der Waals surface area contributed by atoms with E-state index in [-0.39, 0.29) is 33.4 Å². The molecule has 0 spiro atoms. The van der Waals surface area contributed by atoms with Crippen LogP contribution in [0, 0.1) is 10.4 Å². The number of benzene rings is 10. The Morgan fingerprint density at radius 2 is 1.00 bits per heavy atom. The van der Waals surface area contributed by atoms with Gasteiger partial charge in [-0.05, 0) is 17.0 Å². The van der Waals surface area contributed by atoms with Crippen molar-refractivity contribution in [2.24, 2.45) is 0 Å². The fraction of sp³-hybridized carbons (Fsp3) is 0.0563. The topological polar surface area (TPSA) is 46.2 Å². The van der Waals surface area contributed by atoms with Gasteiger partial charge in [-0.15, -0.1) is 0 Å². The molecule has 7 nitrogen and oxygen atoms in total. The summed E-state index contributed by atoms with van der Waals surface area (Å²) in [6.45, 7) is 14.3. The molecule has 4 heterocycles. The molecule has 0 N–H and O–H groups in total. The standard InChI is InChI=1S/C71H50N6O.Pt/c1-71(2,3)51-37-38-73-69(41-51)77-65-28-16-13-25-59(65)60-36-35-55(45-68(60)77)78-56-40-50(47-31-33-52(72-4)34-32-47)39-53(42-56)74-46-75(67-30-18-17-29-66(67)74)70-61(48-19-7-5-8-20-48)43-54(44-62(70)49-21-9-6-10-22-49)76-63-26-14-11-23-57(63)58-24-12-15-27-64(58)76;/h5-45H,1-3H3;/i5D,6D,7D,8D,9D,10D,19D,20D,21D,22D;. The van der Waals surface area contributed by atoms with Crippen LogP contribution in [0.4, 0.5) is 5.69 Å². The molecule has 79 heavy (non-hydrogen) atoms. The van der Waals surface area contributed by atoms with E-state index in [4.69, 9.17) is 24.5 Å². The third-order valence-electron chi connectivity index (χ3n) is 14.6. The van der Waals surface area contributed by atoms with Gasteiger partial charge < -0.3 is 0 Å². The van der Waals surface area contributed by atoms with Crippen molar-refractivity contribution in [3.63, 3.8) is 0 Å². The zero-order valence-electron chi connectivity index (χ0n) is 52.8. The summed E-state index contributed by atoms with van der Waals surface area (Å²) in [7, 11) is 0. The average molecular weight is 1210 g/mol. The maximum atomic E-state index is 9.67. The number of imidazole rings is 1. The second-order valence-electron chi connectivity index (χ2n) is 20.3. The summed E-state index contributed by atoms with van der Waals surface area (Å²) in [6, 6.07) is 52.8. The van der Waals surface area contributed by atoms with Crippen molar-refractivity contribution in [3.8, 4) is 67.8 Å². The fourth-order valence-corrected chi connectivity index (χ4v) is 12.1. The second-order valence-corrected chi connectivity index (χ2v) is 21.3. The summed E-state index contributed by atoms with van der Waals surface area (Å²) in [5, 5.41) is 3.88. The SMILES string of the molecule is [2H]c1c([2H])c([2H])c(-c2cc(-n3c4ccccc4c4ccccc43)cc(-c3c([2H])c([2H])c([2H])c([2H])c3[2H])c2-n2[c](=[Pt])n(-c3cc(Oc4ccc5c6ccccc6n(-c6cc(C(C)(C)C)ccn6)c5c4)cc(-c4ccc([N+]#[C-])cc4)c3)c3ccccc32)c([2H])c1[2H]. The van der Waals surface area contributed by atoms with E-state index in [9.17, 15) is 5.48 Å². The molecule has 0 unspecified atom stereocenters. The van der Waals surface area contributed by atoms with Crippen LogP contribution in [-0.2, 0) is 24.8 Å². The fourth-order valence-electron chi connectivity index (χ4n) is 11.0. The molecule has 0 saturated heterocycles. The number of para-hydroxylation sites is 5. The van der Waals surface area contributed by atoms with E-state index in [2.05, 4.69) is 73.8 Å². The molecule has 0 saturated carbocycles. The van der Waals surface area contributed by atoms with Gasteiger partial charge in [-0.2, -0.15) is 0 Å². The Morgan fingerprint density at radius 1 is 0.468 bits per heavy atom. The van der Waals surface area contributed by atoms with Crippen molar-refractivity contribution in [2.75, 3.05) is 0 Å². The molecule has 4 aromatic heterocycles. The van der Waals surface area contributed by atoms with Crippen LogP contribution in [0.5, 0.6) is 11.5 Å². The molecule has 0 fully saturated rings. The third kappa shape index (κ3) is 8.23. The normalized spacial score (nSPS) is 13.6. The van der Waals surface area contributed by atoms with E-state index in [1.54, 1.807) is 24.3 Å². The molecule has 380 valence electrons. The minimum absolute atomic E-state index is 0.125. The van der Waals surface area contributed by atoms with Gasteiger partial charge in [-0.1, -0.05) is 32.9 Å². The molecule has 0 amide bonds. The van der Waals surface area contributed by atoms with Crippen molar-refractivity contribution < 1.29 is 37.8 Å².